The molecule has 0 aliphatic carbocycles. The van der Waals surface area contributed by atoms with Crippen LogP contribution in [-0.4, -0.2) is 63.9 Å². The summed E-state index contributed by atoms with van der Waals surface area (Å²) in [5.41, 5.74) is 0.983. The topological polar surface area (TPSA) is 74.3 Å². The predicted molar refractivity (Wildman–Crippen MR) is 91.9 cm³/mol. The van der Waals surface area contributed by atoms with Crippen LogP contribution >= 0.6 is 0 Å². The first-order chi connectivity index (χ1) is 12.1. The molecule has 0 aromatic heterocycles. The molecule has 1 heterocycles. The molecule has 25 heavy (non-hydrogen) atoms. The van der Waals surface area contributed by atoms with E-state index in [9.17, 15) is 9.59 Å². The Morgan fingerprint density at radius 2 is 1.92 bits per heavy atom. The lowest BCUT2D eigenvalue weighted by Crippen LogP contribution is -2.42. The SMILES string of the molecule is CC=Cc1cc(C(=O)OCC(=O)N2CCOCC2)cc(OC)c1OC. The third-order valence-electron chi connectivity index (χ3n) is 3.78. The Labute approximate surface area is 147 Å². The van der Waals surface area contributed by atoms with Gasteiger partial charge < -0.3 is 23.8 Å². The number of morpholine rings is 1. The summed E-state index contributed by atoms with van der Waals surface area (Å²) in [6, 6.07) is 3.18. The van der Waals surface area contributed by atoms with Crippen molar-refractivity contribution >= 4 is 18.0 Å². The van der Waals surface area contributed by atoms with E-state index in [1.807, 2.05) is 13.0 Å². The van der Waals surface area contributed by atoms with Gasteiger partial charge in [0.05, 0.1) is 33.0 Å². The van der Waals surface area contributed by atoms with Gasteiger partial charge in [-0.2, -0.15) is 0 Å². The molecule has 7 heteroatoms. The molecular formula is C18H23NO6. The van der Waals surface area contributed by atoms with Crippen molar-refractivity contribution in [3.8, 4) is 11.5 Å². The van der Waals surface area contributed by atoms with E-state index in [2.05, 4.69) is 0 Å². The van der Waals surface area contributed by atoms with E-state index < -0.39 is 5.97 Å². The molecular weight excluding hydrogens is 326 g/mol. The minimum atomic E-state index is -0.590. The number of benzene rings is 1. The maximum atomic E-state index is 12.3. The van der Waals surface area contributed by atoms with Gasteiger partial charge in [-0.15, -0.1) is 0 Å². The second kappa shape index (κ2) is 9.08. The molecule has 0 N–H and O–H groups in total. The van der Waals surface area contributed by atoms with Crippen LogP contribution in [0.1, 0.15) is 22.8 Å². The highest BCUT2D eigenvalue weighted by molar-refractivity contribution is 5.93. The lowest BCUT2D eigenvalue weighted by Gasteiger charge is -2.26. The van der Waals surface area contributed by atoms with Crippen molar-refractivity contribution in [2.75, 3.05) is 47.1 Å². The quantitative estimate of drug-likeness (QED) is 0.729. The van der Waals surface area contributed by atoms with Crippen LogP contribution in [0, 0.1) is 0 Å². The van der Waals surface area contributed by atoms with Crippen molar-refractivity contribution in [3.05, 3.63) is 29.3 Å². The summed E-state index contributed by atoms with van der Waals surface area (Å²) in [5.74, 6) is 0.130. The Hall–Kier alpha value is -2.54. The zero-order chi connectivity index (χ0) is 18.2. The number of ether oxygens (including phenoxy) is 4. The molecule has 0 unspecified atom stereocenters. The number of amides is 1. The van der Waals surface area contributed by atoms with E-state index >= 15 is 0 Å². The van der Waals surface area contributed by atoms with E-state index in [1.165, 1.54) is 20.3 Å². The van der Waals surface area contributed by atoms with Gasteiger partial charge in [0.2, 0.25) is 0 Å². The number of nitrogens with zero attached hydrogens (tertiary/aromatic N) is 1. The van der Waals surface area contributed by atoms with Gasteiger partial charge in [-0.05, 0) is 19.1 Å². The zero-order valence-corrected chi connectivity index (χ0v) is 14.7. The van der Waals surface area contributed by atoms with Crippen LogP contribution in [0.2, 0.25) is 0 Å². The largest absolute Gasteiger partial charge is 0.493 e. The molecule has 2 rings (SSSR count). The molecule has 1 fully saturated rings. The van der Waals surface area contributed by atoms with Crippen LogP contribution < -0.4 is 9.47 Å². The summed E-state index contributed by atoms with van der Waals surface area (Å²) in [6.45, 7) is 3.59. The van der Waals surface area contributed by atoms with Gasteiger partial charge in [0.15, 0.2) is 18.1 Å². The monoisotopic (exact) mass is 349 g/mol. The first-order valence-corrected chi connectivity index (χ1v) is 8.02. The minimum Gasteiger partial charge on any atom is -0.493 e. The fourth-order valence-electron chi connectivity index (χ4n) is 2.53. The summed E-state index contributed by atoms with van der Waals surface area (Å²) >= 11 is 0. The van der Waals surface area contributed by atoms with E-state index in [1.54, 1.807) is 17.0 Å². The second-order valence-electron chi connectivity index (χ2n) is 5.37. The Kier molecular flexibility index (Phi) is 6.82. The molecule has 0 spiro atoms. The van der Waals surface area contributed by atoms with Crippen molar-refractivity contribution < 1.29 is 28.5 Å². The number of rotatable bonds is 6. The van der Waals surface area contributed by atoms with Gasteiger partial charge >= 0.3 is 5.97 Å². The van der Waals surface area contributed by atoms with Gasteiger partial charge in [-0.3, -0.25) is 4.79 Å². The predicted octanol–water partition coefficient (Wildman–Crippen LogP) is 1.75. The summed E-state index contributed by atoms with van der Waals surface area (Å²) < 4.78 is 21.0. The average Bonchev–Trinajstić information content (AvgIpc) is 2.66. The summed E-state index contributed by atoms with van der Waals surface area (Å²) in [7, 11) is 3.03. The molecule has 0 atom stereocenters. The first kappa shape index (κ1) is 18.8. The lowest BCUT2D eigenvalue weighted by molar-refractivity contribution is -0.138. The molecule has 1 saturated heterocycles. The molecule has 0 saturated carbocycles. The summed E-state index contributed by atoms with van der Waals surface area (Å²) in [5, 5.41) is 0. The molecule has 7 nitrogen and oxygen atoms in total. The van der Waals surface area contributed by atoms with Gasteiger partial charge in [-0.25, -0.2) is 4.79 Å². The number of hydrogen-bond donors (Lipinski definition) is 0. The van der Waals surface area contributed by atoms with Crippen LogP contribution in [0.25, 0.3) is 6.08 Å². The third kappa shape index (κ3) is 4.73. The number of carbonyl (C=O) groups excluding carboxylic acids is 2. The van der Waals surface area contributed by atoms with Crippen molar-refractivity contribution in [3.63, 3.8) is 0 Å². The van der Waals surface area contributed by atoms with E-state index in [4.69, 9.17) is 18.9 Å². The number of methoxy groups -OCH3 is 2. The first-order valence-electron chi connectivity index (χ1n) is 8.02. The number of carbonyl (C=O) groups is 2. The standard InChI is InChI=1S/C18H23NO6/c1-4-5-13-10-14(11-15(22-2)17(13)23-3)18(21)25-12-16(20)19-6-8-24-9-7-19/h4-5,10-11H,6-9,12H2,1-3H3. The normalized spacial score (nSPS) is 14.4. The van der Waals surface area contributed by atoms with Crippen molar-refractivity contribution in [1.29, 1.82) is 0 Å². The van der Waals surface area contributed by atoms with Crippen LogP contribution in [-0.2, 0) is 14.3 Å². The van der Waals surface area contributed by atoms with Gasteiger partial charge in [0, 0.05) is 18.7 Å². The van der Waals surface area contributed by atoms with Gasteiger partial charge in [0.25, 0.3) is 5.91 Å². The molecule has 1 aliphatic heterocycles. The van der Waals surface area contributed by atoms with E-state index in [0.717, 1.165) is 0 Å². The van der Waals surface area contributed by atoms with Crippen LogP contribution in [0.3, 0.4) is 0 Å². The maximum Gasteiger partial charge on any atom is 0.338 e. The summed E-state index contributed by atoms with van der Waals surface area (Å²) in [6.07, 6.45) is 3.63. The number of hydrogen-bond acceptors (Lipinski definition) is 6. The van der Waals surface area contributed by atoms with Crippen LogP contribution in [0.15, 0.2) is 18.2 Å². The summed E-state index contributed by atoms with van der Waals surface area (Å²) in [4.78, 5) is 26.0. The average molecular weight is 349 g/mol. The Bertz CT molecular complexity index is 649. The Morgan fingerprint density at radius 1 is 1.20 bits per heavy atom. The Balaban J connectivity index is 2.10. The minimum absolute atomic E-state index is 0.231. The highest BCUT2D eigenvalue weighted by atomic mass is 16.5. The maximum absolute atomic E-state index is 12.3. The van der Waals surface area contributed by atoms with Gasteiger partial charge in [-0.1, -0.05) is 12.2 Å². The van der Waals surface area contributed by atoms with Crippen LogP contribution in [0.4, 0.5) is 0 Å². The van der Waals surface area contributed by atoms with E-state index in [-0.39, 0.29) is 12.5 Å². The smallest absolute Gasteiger partial charge is 0.338 e. The molecule has 136 valence electrons. The van der Waals surface area contributed by atoms with Crippen molar-refractivity contribution in [2.24, 2.45) is 0 Å². The fourth-order valence-corrected chi connectivity index (χ4v) is 2.53. The molecule has 1 aromatic carbocycles. The highest BCUT2D eigenvalue weighted by Gasteiger charge is 2.20. The van der Waals surface area contributed by atoms with Gasteiger partial charge in [0.1, 0.15) is 0 Å². The Morgan fingerprint density at radius 3 is 2.52 bits per heavy atom. The fraction of sp³-hybridized carbons (Fsp3) is 0.444. The molecule has 1 aliphatic rings. The zero-order valence-electron chi connectivity index (χ0n) is 14.7. The number of allylic oxidation sites excluding steroid dienone is 1. The molecule has 0 radical (unpaired) electrons. The third-order valence-corrected chi connectivity index (χ3v) is 3.78. The molecule has 0 bridgehead atoms. The van der Waals surface area contributed by atoms with E-state index in [0.29, 0.717) is 48.9 Å². The molecule has 1 aromatic rings. The highest BCUT2D eigenvalue weighted by Crippen LogP contribution is 2.33. The van der Waals surface area contributed by atoms with Crippen LogP contribution in [0.5, 0.6) is 11.5 Å². The second-order valence-corrected chi connectivity index (χ2v) is 5.37. The lowest BCUT2D eigenvalue weighted by atomic mass is 10.1. The van der Waals surface area contributed by atoms with Crippen molar-refractivity contribution in [2.45, 2.75) is 6.92 Å². The van der Waals surface area contributed by atoms with Crippen molar-refractivity contribution in [1.82, 2.24) is 4.90 Å². The molecule has 1 amide bonds. The number of esters is 1.